The van der Waals surface area contributed by atoms with Gasteiger partial charge in [0.2, 0.25) is 5.91 Å². The minimum absolute atomic E-state index is 0.132. The number of carbonyl (C=O) groups is 1. The molecule has 0 aromatic rings. The minimum Gasteiger partial charge on any atom is -0.394 e. The number of nitrogens with one attached hydrogen (secondary N) is 1. The van der Waals surface area contributed by atoms with Gasteiger partial charge in [0, 0.05) is 6.42 Å². The molecule has 7 unspecified atom stereocenters. The van der Waals surface area contributed by atoms with Gasteiger partial charge in [0.15, 0.2) is 6.29 Å². The molecule has 1 aliphatic heterocycles. The van der Waals surface area contributed by atoms with Crippen LogP contribution in [0.15, 0.2) is 12.2 Å². The van der Waals surface area contributed by atoms with Crippen molar-refractivity contribution in [1.29, 1.82) is 0 Å². The molecule has 0 aromatic heterocycles. The Bertz CT molecular complexity index is 1240. The van der Waals surface area contributed by atoms with Crippen molar-refractivity contribution < 1.29 is 39.8 Å². The van der Waals surface area contributed by atoms with Crippen molar-refractivity contribution in [3.63, 3.8) is 0 Å². The van der Waals surface area contributed by atoms with E-state index in [1.807, 2.05) is 0 Å². The maximum absolute atomic E-state index is 13.1. The fraction of sp³-hybridized carbons (Fsp3) is 0.957. The third-order valence-corrected chi connectivity index (χ3v) is 17.1. The Morgan fingerprint density at radius 1 is 0.423 bits per heavy atom. The zero-order valence-electron chi connectivity index (χ0n) is 52.0. The molecule has 0 radical (unpaired) electrons. The summed E-state index contributed by atoms with van der Waals surface area (Å²) < 4.78 is 11.4. The number of aliphatic hydroxyl groups is 5. The second-order valence-electron chi connectivity index (χ2n) is 24.7. The predicted octanol–water partition coefficient (Wildman–Crippen LogP) is 18.7. The zero-order valence-corrected chi connectivity index (χ0v) is 52.0. The Kier molecular flexibility index (Phi) is 56.8. The summed E-state index contributed by atoms with van der Waals surface area (Å²) in [6.45, 7) is 3.90. The molecule has 1 rings (SSSR count). The van der Waals surface area contributed by atoms with Gasteiger partial charge in [-0.1, -0.05) is 334 Å². The molecule has 0 bridgehead atoms. The number of ether oxygens (including phenoxy) is 2. The van der Waals surface area contributed by atoms with Crippen LogP contribution in [0, 0.1) is 0 Å². The van der Waals surface area contributed by atoms with E-state index in [2.05, 4.69) is 31.3 Å². The van der Waals surface area contributed by atoms with Gasteiger partial charge >= 0.3 is 0 Å². The number of hydrogen-bond donors (Lipinski definition) is 6. The van der Waals surface area contributed by atoms with Crippen LogP contribution >= 0.6 is 0 Å². The molecule has 0 aromatic carbocycles. The van der Waals surface area contributed by atoms with Gasteiger partial charge in [-0.2, -0.15) is 0 Å². The van der Waals surface area contributed by atoms with E-state index < -0.39 is 49.5 Å². The largest absolute Gasteiger partial charge is 0.394 e. The van der Waals surface area contributed by atoms with Crippen LogP contribution in [0.2, 0.25) is 0 Å². The number of carbonyl (C=O) groups excluding carboxylic acids is 1. The van der Waals surface area contributed by atoms with Gasteiger partial charge in [0.25, 0.3) is 0 Å². The Morgan fingerprint density at radius 3 is 1.04 bits per heavy atom. The number of unbranched alkanes of at least 4 members (excludes halogenated alkanes) is 50. The maximum Gasteiger partial charge on any atom is 0.220 e. The fourth-order valence-corrected chi connectivity index (χ4v) is 11.6. The van der Waals surface area contributed by atoms with Gasteiger partial charge in [0.05, 0.1) is 25.4 Å². The summed E-state index contributed by atoms with van der Waals surface area (Å²) in [4.78, 5) is 13.1. The molecule has 0 spiro atoms. The number of hydrogen-bond acceptors (Lipinski definition) is 8. The average Bonchev–Trinajstić information content (AvgIpc) is 3.45. The molecule has 7 atom stereocenters. The highest BCUT2D eigenvalue weighted by molar-refractivity contribution is 5.76. The molecule has 78 heavy (non-hydrogen) atoms. The summed E-state index contributed by atoms with van der Waals surface area (Å²) in [5, 5.41) is 54.9. The van der Waals surface area contributed by atoms with Crippen molar-refractivity contribution in [3.8, 4) is 0 Å². The van der Waals surface area contributed by atoms with E-state index >= 15 is 0 Å². The Labute approximate surface area is 484 Å². The highest BCUT2D eigenvalue weighted by Gasteiger charge is 2.44. The van der Waals surface area contributed by atoms with Crippen LogP contribution < -0.4 is 5.32 Å². The topological polar surface area (TPSA) is 149 Å². The van der Waals surface area contributed by atoms with Crippen molar-refractivity contribution in [3.05, 3.63) is 12.2 Å². The van der Waals surface area contributed by atoms with E-state index in [0.717, 1.165) is 38.5 Å². The van der Waals surface area contributed by atoms with Crippen LogP contribution in [0.3, 0.4) is 0 Å². The van der Waals surface area contributed by atoms with Crippen molar-refractivity contribution in [1.82, 2.24) is 5.32 Å². The third-order valence-electron chi connectivity index (χ3n) is 17.1. The zero-order chi connectivity index (χ0) is 56.5. The van der Waals surface area contributed by atoms with Crippen LogP contribution in [0.4, 0.5) is 0 Å². The lowest BCUT2D eigenvalue weighted by molar-refractivity contribution is -0.302. The SMILES string of the molecule is CCCCCCCCCC/C=C\CCCCCCCCCCCCCCCCCCCC(=O)NC(COC1OC(CO)C(O)C(O)C1O)C(O)CCCCCCCCCCCCCCCCCCCCCCCCCCCC. The molecule has 1 aliphatic rings. The lowest BCUT2D eigenvalue weighted by Crippen LogP contribution is -2.60. The van der Waals surface area contributed by atoms with Gasteiger partial charge in [0.1, 0.15) is 24.4 Å². The molecule has 1 fully saturated rings. The smallest absolute Gasteiger partial charge is 0.220 e. The van der Waals surface area contributed by atoms with Crippen LogP contribution in [-0.4, -0.2) is 87.5 Å². The maximum atomic E-state index is 13.1. The normalized spacial score (nSPS) is 18.6. The fourth-order valence-electron chi connectivity index (χ4n) is 11.6. The standard InChI is InChI=1S/C69H135NO8/c1-3-5-7-9-11-13-15-17-19-21-23-25-27-29-31-32-33-35-37-39-41-43-45-47-49-51-53-55-57-59-65(73)70-62(61-77-69-68(76)67(75)66(74)64(60-71)78-69)63(72)58-56-54-52-50-48-46-44-42-40-38-36-34-30-28-26-24-22-20-18-16-14-12-10-8-6-4-2/h21,23,62-64,66-69,71-72,74-76H,3-20,22,24-61H2,1-2H3,(H,70,73)/b23-21-. The van der Waals surface area contributed by atoms with Crippen molar-refractivity contribution in [2.75, 3.05) is 13.2 Å². The van der Waals surface area contributed by atoms with E-state index in [1.165, 1.54) is 302 Å². The first-order valence-electron chi connectivity index (χ1n) is 34.9. The first-order chi connectivity index (χ1) is 38.3. The third kappa shape index (κ3) is 47.4. The lowest BCUT2D eigenvalue weighted by atomic mass is 9.99. The molecule has 9 nitrogen and oxygen atoms in total. The average molecular weight is 1110 g/mol. The van der Waals surface area contributed by atoms with Crippen LogP contribution in [0.25, 0.3) is 0 Å². The molecular formula is C69H135NO8. The van der Waals surface area contributed by atoms with Gasteiger partial charge < -0.3 is 40.3 Å². The van der Waals surface area contributed by atoms with Crippen molar-refractivity contribution >= 4 is 5.91 Å². The molecule has 0 aliphatic carbocycles. The number of aliphatic hydroxyl groups excluding tert-OH is 5. The van der Waals surface area contributed by atoms with Crippen LogP contribution in [0.5, 0.6) is 0 Å². The summed E-state index contributed by atoms with van der Waals surface area (Å²) in [5.41, 5.74) is 0. The van der Waals surface area contributed by atoms with E-state index in [-0.39, 0.29) is 12.5 Å². The lowest BCUT2D eigenvalue weighted by Gasteiger charge is -2.40. The molecule has 464 valence electrons. The molecular weight excluding hydrogens is 971 g/mol. The highest BCUT2D eigenvalue weighted by Crippen LogP contribution is 2.24. The Hall–Kier alpha value is -1.07. The first kappa shape index (κ1) is 74.9. The summed E-state index contributed by atoms with van der Waals surface area (Å²) >= 11 is 0. The molecule has 6 N–H and O–H groups in total. The summed E-state index contributed by atoms with van der Waals surface area (Å²) in [7, 11) is 0. The first-order valence-corrected chi connectivity index (χ1v) is 34.9. The highest BCUT2D eigenvalue weighted by atomic mass is 16.7. The summed E-state index contributed by atoms with van der Waals surface area (Å²) in [5.74, 6) is -0.135. The monoisotopic (exact) mass is 1110 g/mol. The quantitative estimate of drug-likeness (QED) is 0.0261. The van der Waals surface area contributed by atoms with E-state index in [4.69, 9.17) is 9.47 Å². The Morgan fingerprint density at radius 2 is 0.718 bits per heavy atom. The molecule has 1 heterocycles. The van der Waals surface area contributed by atoms with Gasteiger partial charge in [-0.15, -0.1) is 0 Å². The second kappa shape index (κ2) is 59.1. The van der Waals surface area contributed by atoms with Crippen molar-refractivity contribution in [2.45, 2.75) is 410 Å². The van der Waals surface area contributed by atoms with E-state index in [9.17, 15) is 30.3 Å². The van der Waals surface area contributed by atoms with Crippen LogP contribution in [0.1, 0.15) is 367 Å². The minimum atomic E-state index is -1.55. The van der Waals surface area contributed by atoms with Gasteiger partial charge in [-0.25, -0.2) is 0 Å². The molecule has 9 heteroatoms. The van der Waals surface area contributed by atoms with E-state index in [1.54, 1.807) is 0 Å². The molecule has 1 amide bonds. The Balaban J connectivity index is 2.10. The van der Waals surface area contributed by atoms with Gasteiger partial charge in [-0.3, -0.25) is 4.79 Å². The molecule has 1 saturated heterocycles. The predicted molar refractivity (Wildman–Crippen MR) is 332 cm³/mol. The van der Waals surface area contributed by atoms with E-state index in [0.29, 0.717) is 12.8 Å². The van der Waals surface area contributed by atoms with Crippen molar-refractivity contribution in [2.24, 2.45) is 0 Å². The second-order valence-corrected chi connectivity index (χ2v) is 24.7. The molecule has 0 saturated carbocycles. The number of amides is 1. The summed E-state index contributed by atoms with van der Waals surface area (Å²) in [6.07, 6.45) is 68.5. The number of allylic oxidation sites excluding steroid dienone is 2. The number of rotatable bonds is 62. The van der Waals surface area contributed by atoms with Gasteiger partial charge in [-0.05, 0) is 38.5 Å². The van der Waals surface area contributed by atoms with Crippen LogP contribution in [-0.2, 0) is 14.3 Å². The summed E-state index contributed by atoms with van der Waals surface area (Å²) in [6, 6.07) is -0.717.